The van der Waals surface area contributed by atoms with Crippen LogP contribution in [0.2, 0.25) is 5.02 Å². The molecule has 3 N–H and O–H groups in total. The molecular weight excluding hydrogens is 262 g/mol. The van der Waals surface area contributed by atoms with Gasteiger partial charge in [0.1, 0.15) is 0 Å². The predicted molar refractivity (Wildman–Crippen MR) is 76.0 cm³/mol. The minimum Gasteiger partial charge on any atom is -0.398 e. The average molecular weight is 276 g/mol. The van der Waals surface area contributed by atoms with Crippen molar-refractivity contribution in [1.29, 1.82) is 0 Å². The Morgan fingerprint density at radius 2 is 2.21 bits per heavy atom. The monoisotopic (exact) mass is 275 g/mol. The van der Waals surface area contributed by atoms with E-state index in [1.54, 1.807) is 30.6 Å². The van der Waals surface area contributed by atoms with Crippen LogP contribution in [0.1, 0.15) is 21.5 Å². The van der Waals surface area contributed by atoms with E-state index in [9.17, 15) is 4.79 Å². The number of nitrogens with two attached hydrogens (primary N) is 1. The van der Waals surface area contributed by atoms with Gasteiger partial charge in [-0.2, -0.15) is 0 Å². The van der Waals surface area contributed by atoms with Crippen LogP contribution >= 0.6 is 11.6 Å². The first-order valence-corrected chi connectivity index (χ1v) is 6.19. The molecule has 98 valence electrons. The number of hydrogen-bond donors (Lipinski definition) is 2. The Morgan fingerprint density at radius 3 is 2.89 bits per heavy atom. The first-order chi connectivity index (χ1) is 9.09. The number of anilines is 1. The molecule has 2 aromatic rings. The minimum absolute atomic E-state index is 0.278. The van der Waals surface area contributed by atoms with E-state index < -0.39 is 0 Å². The zero-order chi connectivity index (χ0) is 13.8. The van der Waals surface area contributed by atoms with Gasteiger partial charge in [0.05, 0.1) is 10.6 Å². The van der Waals surface area contributed by atoms with E-state index in [4.69, 9.17) is 17.3 Å². The van der Waals surface area contributed by atoms with Gasteiger partial charge in [0.2, 0.25) is 0 Å². The van der Waals surface area contributed by atoms with Crippen molar-refractivity contribution in [2.24, 2.45) is 0 Å². The molecule has 4 nitrogen and oxygen atoms in total. The van der Waals surface area contributed by atoms with Gasteiger partial charge in [-0.05, 0) is 36.2 Å². The molecule has 1 heterocycles. The summed E-state index contributed by atoms with van der Waals surface area (Å²) in [7, 11) is 0. The van der Waals surface area contributed by atoms with Crippen molar-refractivity contribution in [1.82, 2.24) is 10.3 Å². The van der Waals surface area contributed by atoms with Crippen LogP contribution in [-0.4, -0.2) is 10.9 Å². The first kappa shape index (κ1) is 13.4. The van der Waals surface area contributed by atoms with E-state index in [1.165, 1.54) is 0 Å². The van der Waals surface area contributed by atoms with Gasteiger partial charge in [0.25, 0.3) is 5.91 Å². The number of carbonyl (C=O) groups excluding carboxylic acids is 1. The predicted octanol–water partition coefficient (Wildman–Crippen LogP) is 2.56. The van der Waals surface area contributed by atoms with E-state index in [2.05, 4.69) is 10.3 Å². The second kappa shape index (κ2) is 5.71. The normalized spacial score (nSPS) is 10.2. The summed E-state index contributed by atoms with van der Waals surface area (Å²) in [5, 5.41) is 3.16. The Hall–Kier alpha value is -2.07. The van der Waals surface area contributed by atoms with Gasteiger partial charge in [-0.1, -0.05) is 17.7 Å². The standard InChI is InChI=1S/C14H14ClN3O/c1-9-7-17-6-5-10(9)8-18-14(19)13-11(15)3-2-4-12(13)16/h2-7H,8,16H2,1H3,(H,18,19). The Morgan fingerprint density at radius 1 is 1.42 bits per heavy atom. The van der Waals surface area contributed by atoms with Gasteiger partial charge in [0, 0.05) is 24.6 Å². The van der Waals surface area contributed by atoms with Crippen LogP contribution in [0.25, 0.3) is 0 Å². The number of hydrogen-bond acceptors (Lipinski definition) is 3. The third kappa shape index (κ3) is 3.03. The Labute approximate surface area is 116 Å². The quantitative estimate of drug-likeness (QED) is 0.846. The van der Waals surface area contributed by atoms with Crippen LogP contribution in [-0.2, 0) is 6.54 Å². The lowest BCUT2D eigenvalue weighted by molar-refractivity contribution is 0.0952. The lowest BCUT2D eigenvalue weighted by Gasteiger charge is -2.10. The highest BCUT2D eigenvalue weighted by molar-refractivity contribution is 6.34. The van der Waals surface area contributed by atoms with E-state index in [0.717, 1.165) is 11.1 Å². The van der Waals surface area contributed by atoms with Crippen LogP contribution < -0.4 is 11.1 Å². The van der Waals surface area contributed by atoms with Crippen LogP contribution in [0, 0.1) is 6.92 Å². The van der Waals surface area contributed by atoms with Crippen molar-refractivity contribution in [3.8, 4) is 0 Å². The zero-order valence-corrected chi connectivity index (χ0v) is 11.2. The SMILES string of the molecule is Cc1cnccc1CNC(=O)c1c(N)cccc1Cl. The van der Waals surface area contributed by atoms with Crippen LogP contribution in [0.5, 0.6) is 0 Å². The highest BCUT2D eigenvalue weighted by Crippen LogP contribution is 2.21. The molecule has 0 aliphatic rings. The highest BCUT2D eigenvalue weighted by atomic mass is 35.5. The number of carbonyl (C=O) groups is 1. The van der Waals surface area contributed by atoms with Crippen molar-refractivity contribution in [2.45, 2.75) is 13.5 Å². The number of nitrogens with zero attached hydrogens (tertiary/aromatic N) is 1. The molecule has 0 unspecified atom stereocenters. The van der Waals surface area contributed by atoms with Gasteiger partial charge < -0.3 is 11.1 Å². The Kier molecular flexibility index (Phi) is 4.02. The number of aryl methyl sites for hydroxylation is 1. The number of pyridine rings is 1. The number of nitrogen functional groups attached to an aromatic ring is 1. The summed E-state index contributed by atoms with van der Waals surface area (Å²) in [6, 6.07) is 6.87. The number of amides is 1. The molecule has 0 aliphatic heterocycles. The maximum Gasteiger partial charge on any atom is 0.255 e. The van der Waals surface area contributed by atoms with Crippen molar-refractivity contribution >= 4 is 23.2 Å². The van der Waals surface area contributed by atoms with Gasteiger partial charge in [-0.25, -0.2) is 0 Å². The van der Waals surface area contributed by atoms with Crippen LogP contribution in [0.4, 0.5) is 5.69 Å². The minimum atomic E-state index is -0.278. The fourth-order valence-corrected chi connectivity index (χ4v) is 2.01. The van der Waals surface area contributed by atoms with Crippen molar-refractivity contribution in [3.05, 3.63) is 58.4 Å². The molecule has 1 aromatic carbocycles. The summed E-state index contributed by atoms with van der Waals surface area (Å²) < 4.78 is 0. The summed E-state index contributed by atoms with van der Waals surface area (Å²) >= 11 is 5.99. The summed E-state index contributed by atoms with van der Waals surface area (Å²) in [4.78, 5) is 16.1. The molecule has 0 bridgehead atoms. The Bertz CT molecular complexity index is 593. The topological polar surface area (TPSA) is 68.0 Å². The highest BCUT2D eigenvalue weighted by Gasteiger charge is 2.13. The average Bonchev–Trinajstić information content (AvgIpc) is 2.37. The number of rotatable bonds is 3. The number of benzene rings is 1. The molecule has 0 aliphatic carbocycles. The molecule has 0 spiro atoms. The van der Waals surface area contributed by atoms with E-state index in [0.29, 0.717) is 22.8 Å². The van der Waals surface area contributed by atoms with Crippen molar-refractivity contribution in [2.75, 3.05) is 5.73 Å². The fourth-order valence-electron chi connectivity index (χ4n) is 1.74. The lowest BCUT2D eigenvalue weighted by atomic mass is 10.1. The molecule has 5 heteroatoms. The third-order valence-electron chi connectivity index (χ3n) is 2.85. The van der Waals surface area contributed by atoms with Crippen LogP contribution in [0.15, 0.2) is 36.7 Å². The maximum atomic E-state index is 12.1. The molecule has 0 fully saturated rings. The molecule has 0 radical (unpaired) electrons. The molecule has 2 rings (SSSR count). The fraction of sp³-hybridized carbons (Fsp3) is 0.143. The summed E-state index contributed by atoms with van der Waals surface area (Å²) in [5.74, 6) is -0.278. The smallest absolute Gasteiger partial charge is 0.255 e. The van der Waals surface area contributed by atoms with Gasteiger partial charge in [-0.15, -0.1) is 0 Å². The van der Waals surface area contributed by atoms with Crippen molar-refractivity contribution < 1.29 is 4.79 Å². The first-order valence-electron chi connectivity index (χ1n) is 5.81. The van der Waals surface area contributed by atoms with E-state index in [1.807, 2.05) is 13.0 Å². The molecule has 0 saturated carbocycles. The van der Waals surface area contributed by atoms with Gasteiger partial charge >= 0.3 is 0 Å². The summed E-state index contributed by atoms with van der Waals surface area (Å²) in [6.07, 6.45) is 3.45. The van der Waals surface area contributed by atoms with E-state index in [-0.39, 0.29) is 5.91 Å². The van der Waals surface area contributed by atoms with Crippen LogP contribution in [0.3, 0.4) is 0 Å². The number of nitrogens with one attached hydrogen (secondary N) is 1. The molecule has 0 saturated heterocycles. The molecule has 1 amide bonds. The maximum absolute atomic E-state index is 12.1. The molecule has 19 heavy (non-hydrogen) atoms. The third-order valence-corrected chi connectivity index (χ3v) is 3.16. The second-order valence-electron chi connectivity index (χ2n) is 4.19. The summed E-state index contributed by atoms with van der Waals surface area (Å²) in [5.41, 5.74) is 8.48. The molecular formula is C14H14ClN3O. The zero-order valence-electron chi connectivity index (χ0n) is 10.5. The Balaban J connectivity index is 2.13. The lowest BCUT2D eigenvalue weighted by Crippen LogP contribution is -2.24. The van der Waals surface area contributed by atoms with Crippen molar-refractivity contribution in [3.63, 3.8) is 0 Å². The van der Waals surface area contributed by atoms with Gasteiger partial charge in [0.15, 0.2) is 0 Å². The molecule has 0 atom stereocenters. The van der Waals surface area contributed by atoms with E-state index >= 15 is 0 Å². The largest absolute Gasteiger partial charge is 0.398 e. The summed E-state index contributed by atoms with van der Waals surface area (Å²) in [6.45, 7) is 2.36. The second-order valence-corrected chi connectivity index (χ2v) is 4.60. The number of halogens is 1. The molecule has 1 aromatic heterocycles. The number of aromatic nitrogens is 1. The van der Waals surface area contributed by atoms with Gasteiger partial charge in [-0.3, -0.25) is 9.78 Å².